The number of carbonyl (C=O) groups excluding carboxylic acids is 2. The first-order chi connectivity index (χ1) is 20.0. The van der Waals surface area contributed by atoms with E-state index >= 15 is 0 Å². The number of hydrogen-bond acceptors (Lipinski definition) is 6. The van der Waals surface area contributed by atoms with Crippen LogP contribution in [0, 0.1) is 12.8 Å². The standard InChI is InChI=1S/C32H41N3O6S/c1-7-28(32(37)33-20-23(2)3)34(21-25-12-11-13-26(19-25)40-5)31(36)22-35(29-18-24(4)16-17-30(29)41-6)42(38,39)27-14-9-8-10-15-27/h8-19,23,28H,7,20-22H2,1-6H3,(H,33,37)/t28-/m0/s1. The number of rotatable bonds is 14. The summed E-state index contributed by atoms with van der Waals surface area (Å²) in [5, 5.41) is 2.93. The van der Waals surface area contributed by atoms with E-state index in [0.717, 1.165) is 15.4 Å². The van der Waals surface area contributed by atoms with Crippen LogP contribution in [0.15, 0.2) is 77.7 Å². The number of anilines is 1. The molecule has 0 spiro atoms. The predicted molar refractivity (Wildman–Crippen MR) is 164 cm³/mol. The van der Waals surface area contributed by atoms with E-state index in [9.17, 15) is 18.0 Å². The first-order valence-corrected chi connectivity index (χ1v) is 15.4. The van der Waals surface area contributed by atoms with Gasteiger partial charge in [0.15, 0.2) is 0 Å². The van der Waals surface area contributed by atoms with Gasteiger partial charge in [-0.2, -0.15) is 0 Å². The molecule has 42 heavy (non-hydrogen) atoms. The molecule has 3 aromatic carbocycles. The highest BCUT2D eigenvalue weighted by Gasteiger charge is 2.34. The van der Waals surface area contributed by atoms with Gasteiger partial charge in [-0.15, -0.1) is 0 Å². The third kappa shape index (κ3) is 8.03. The van der Waals surface area contributed by atoms with Gasteiger partial charge in [0.1, 0.15) is 24.1 Å². The summed E-state index contributed by atoms with van der Waals surface area (Å²) in [7, 11) is -1.20. The largest absolute Gasteiger partial charge is 0.497 e. The van der Waals surface area contributed by atoms with Crippen molar-refractivity contribution < 1.29 is 27.5 Å². The van der Waals surface area contributed by atoms with E-state index < -0.39 is 28.5 Å². The van der Waals surface area contributed by atoms with Gasteiger partial charge in [-0.05, 0) is 66.8 Å². The molecule has 10 heteroatoms. The number of aryl methyl sites for hydroxylation is 1. The molecular formula is C32H41N3O6S. The summed E-state index contributed by atoms with van der Waals surface area (Å²) in [5.74, 6) is 0.290. The highest BCUT2D eigenvalue weighted by molar-refractivity contribution is 7.92. The number of nitrogens with one attached hydrogen (secondary N) is 1. The number of carbonyl (C=O) groups is 2. The third-order valence-corrected chi connectivity index (χ3v) is 8.54. The van der Waals surface area contributed by atoms with Gasteiger partial charge in [0, 0.05) is 13.1 Å². The molecule has 0 heterocycles. The molecule has 0 aromatic heterocycles. The lowest BCUT2D eigenvalue weighted by atomic mass is 10.1. The fourth-order valence-electron chi connectivity index (χ4n) is 4.54. The van der Waals surface area contributed by atoms with Crippen LogP contribution in [0.2, 0.25) is 0 Å². The summed E-state index contributed by atoms with van der Waals surface area (Å²) in [6.45, 7) is 7.62. The molecule has 0 saturated carbocycles. The Bertz CT molecular complexity index is 1460. The highest BCUT2D eigenvalue weighted by Crippen LogP contribution is 2.34. The van der Waals surface area contributed by atoms with Crippen molar-refractivity contribution in [2.75, 3.05) is 31.6 Å². The second kappa shape index (κ2) is 14.7. The number of sulfonamides is 1. The highest BCUT2D eigenvalue weighted by atomic mass is 32.2. The van der Waals surface area contributed by atoms with E-state index in [2.05, 4.69) is 5.32 Å². The van der Waals surface area contributed by atoms with Crippen LogP contribution in [0.25, 0.3) is 0 Å². The Morgan fingerprint density at radius 1 is 0.929 bits per heavy atom. The van der Waals surface area contributed by atoms with Gasteiger partial charge in [0.25, 0.3) is 10.0 Å². The Labute approximate surface area is 249 Å². The quantitative estimate of drug-likeness (QED) is 0.288. The third-order valence-electron chi connectivity index (χ3n) is 6.77. The lowest BCUT2D eigenvalue weighted by Crippen LogP contribution is -2.52. The summed E-state index contributed by atoms with van der Waals surface area (Å²) in [6.07, 6.45) is 0.332. The molecule has 0 aliphatic carbocycles. The maximum Gasteiger partial charge on any atom is 0.264 e. The van der Waals surface area contributed by atoms with Gasteiger partial charge in [0.05, 0.1) is 24.8 Å². The van der Waals surface area contributed by atoms with Crippen molar-refractivity contribution in [3.05, 3.63) is 83.9 Å². The molecule has 1 atom stereocenters. The van der Waals surface area contributed by atoms with Crippen LogP contribution in [0.1, 0.15) is 38.3 Å². The summed E-state index contributed by atoms with van der Waals surface area (Å²) in [4.78, 5) is 29.1. The lowest BCUT2D eigenvalue weighted by Gasteiger charge is -2.33. The van der Waals surface area contributed by atoms with Gasteiger partial charge in [-0.1, -0.05) is 57.2 Å². The Hall–Kier alpha value is -4.05. The number of benzene rings is 3. The topological polar surface area (TPSA) is 105 Å². The minimum absolute atomic E-state index is 0.0300. The summed E-state index contributed by atoms with van der Waals surface area (Å²) in [6, 6.07) is 19.5. The molecule has 0 bridgehead atoms. The maximum atomic E-state index is 14.3. The minimum Gasteiger partial charge on any atom is -0.497 e. The molecule has 3 aromatic rings. The molecule has 3 rings (SSSR count). The summed E-state index contributed by atoms with van der Waals surface area (Å²) in [5.41, 5.74) is 1.76. The van der Waals surface area contributed by atoms with E-state index in [0.29, 0.717) is 24.5 Å². The molecular weight excluding hydrogens is 554 g/mol. The molecule has 2 amide bonds. The van der Waals surface area contributed by atoms with Crippen LogP contribution in [-0.2, 0) is 26.2 Å². The molecule has 9 nitrogen and oxygen atoms in total. The Balaban J connectivity index is 2.11. The number of ether oxygens (including phenoxy) is 2. The maximum absolute atomic E-state index is 14.3. The van der Waals surface area contributed by atoms with E-state index in [1.165, 1.54) is 24.1 Å². The van der Waals surface area contributed by atoms with Gasteiger partial charge in [-0.25, -0.2) is 8.42 Å². The second-order valence-electron chi connectivity index (χ2n) is 10.4. The molecule has 1 N–H and O–H groups in total. The average molecular weight is 596 g/mol. The lowest BCUT2D eigenvalue weighted by molar-refractivity contribution is -0.140. The average Bonchev–Trinajstić information content (AvgIpc) is 2.99. The van der Waals surface area contributed by atoms with Gasteiger partial charge in [0.2, 0.25) is 11.8 Å². The predicted octanol–water partition coefficient (Wildman–Crippen LogP) is 4.79. The number of hydrogen-bond donors (Lipinski definition) is 1. The van der Waals surface area contributed by atoms with Crippen molar-refractivity contribution in [3.8, 4) is 11.5 Å². The van der Waals surface area contributed by atoms with Crippen LogP contribution in [0.5, 0.6) is 11.5 Å². The molecule has 0 unspecified atom stereocenters. The zero-order valence-corrected chi connectivity index (χ0v) is 26.0. The molecule has 0 aliphatic heterocycles. The summed E-state index contributed by atoms with van der Waals surface area (Å²) >= 11 is 0. The zero-order valence-electron chi connectivity index (χ0n) is 25.2. The Morgan fingerprint density at radius 2 is 1.64 bits per heavy atom. The number of amides is 2. The van der Waals surface area contributed by atoms with Crippen molar-refractivity contribution in [2.24, 2.45) is 5.92 Å². The number of methoxy groups -OCH3 is 2. The van der Waals surface area contributed by atoms with Crippen molar-refractivity contribution >= 4 is 27.5 Å². The van der Waals surface area contributed by atoms with Crippen molar-refractivity contribution in [3.63, 3.8) is 0 Å². The second-order valence-corrected chi connectivity index (χ2v) is 12.3. The SMILES string of the molecule is CC[C@@H](C(=O)NCC(C)C)N(Cc1cccc(OC)c1)C(=O)CN(c1cc(C)ccc1OC)S(=O)(=O)c1ccccc1. The van der Waals surface area contributed by atoms with Crippen LogP contribution >= 0.6 is 0 Å². The fourth-order valence-corrected chi connectivity index (χ4v) is 5.98. The first kappa shape index (κ1) is 32.5. The van der Waals surface area contributed by atoms with Crippen molar-refractivity contribution in [1.29, 1.82) is 0 Å². The molecule has 0 fully saturated rings. The molecule has 0 saturated heterocycles. The van der Waals surface area contributed by atoms with Crippen LogP contribution < -0.4 is 19.1 Å². The Morgan fingerprint density at radius 3 is 2.26 bits per heavy atom. The van der Waals surface area contributed by atoms with Crippen molar-refractivity contribution in [2.45, 2.75) is 51.6 Å². The van der Waals surface area contributed by atoms with Crippen molar-refractivity contribution in [1.82, 2.24) is 10.2 Å². The number of nitrogens with zero attached hydrogens (tertiary/aromatic N) is 2. The molecule has 0 radical (unpaired) electrons. The van der Waals surface area contributed by atoms with E-state index in [1.807, 2.05) is 33.8 Å². The van der Waals surface area contributed by atoms with Crippen LogP contribution in [-0.4, -0.2) is 58.5 Å². The minimum atomic E-state index is -4.20. The smallest absolute Gasteiger partial charge is 0.264 e. The molecule has 0 aliphatic rings. The first-order valence-electron chi connectivity index (χ1n) is 13.9. The fraction of sp³-hybridized carbons (Fsp3) is 0.375. The molecule has 226 valence electrons. The Kier molecular flexibility index (Phi) is 11.4. The normalized spacial score (nSPS) is 12.0. The van der Waals surface area contributed by atoms with E-state index in [-0.39, 0.29) is 29.0 Å². The van der Waals surface area contributed by atoms with Gasteiger partial charge < -0.3 is 19.7 Å². The van der Waals surface area contributed by atoms with Crippen LogP contribution in [0.4, 0.5) is 5.69 Å². The zero-order chi connectivity index (χ0) is 30.9. The van der Waals surface area contributed by atoms with Gasteiger partial charge in [-0.3, -0.25) is 13.9 Å². The van der Waals surface area contributed by atoms with E-state index in [4.69, 9.17) is 9.47 Å². The van der Waals surface area contributed by atoms with Gasteiger partial charge >= 0.3 is 0 Å². The van der Waals surface area contributed by atoms with E-state index in [1.54, 1.807) is 61.7 Å². The van der Waals surface area contributed by atoms with Crippen LogP contribution in [0.3, 0.4) is 0 Å². The monoisotopic (exact) mass is 595 g/mol. The summed E-state index contributed by atoms with van der Waals surface area (Å²) < 4.78 is 40.1.